The van der Waals surface area contributed by atoms with E-state index in [2.05, 4.69) is 22.3 Å². The quantitative estimate of drug-likeness (QED) is 0.719. The van der Waals surface area contributed by atoms with Gasteiger partial charge in [-0.15, -0.1) is 0 Å². The predicted octanol–water partition coefficient (Wildman–Crippen LogP) is 2.61. The number of likely N-dealkylation sites (tertiary alicyclic amines) is 1. The number of hydrogen-bond acceptors (Lipinski definition) is 4. The highest BCUT2D eigenvalue weighted by Crippen LogP contribution is 2.24. The summed E-state index contributed by atoms with van der Waals surface area (Å²) < 4.78 is 5.22. The van der Waals surface area contributed by atoms with Gasteiger partial charge in [0.1, 0.15) is 0 Å². The van der Waals surface area contributed by atoms with Crippen molar-refractivity contribution in [2.45, 2.75) is 31.7 Å². The molecule has 3 rings (SSSR count). The SMILES string of the molecule is COCc1ccccc1CNC(=O)N(C)CC1(O)CCN(Cc2ccccc2)C1. The fourth-order valence-corrected chi connectivity index (χ4v) is 3.89. The fraction of sp³-hybridized carbons (Fsp3) is 0.435. The van der Waals surface area contributed by atoms with Crippen LogP contribution in [0.5, 0.6) is 0 Å². The van der Waals surface area contributed by atoms with E-state index >= 15 is 0 Å². The molecule has 2 aromatic carbocycles. The Bertz CT molecular complexity index is 799. The third-order valence-electron chi connectivity index (χ3n) is 5.39. The van der Waals surface area contributed by atoms with E-state index in [0.717, 1.165) is 24.2 Å². The molecule has 0 spiro atoms. The zero-order valence-corrected chi connectivity index (χ0v) is 17.3. The maximum absolute atomic E-state index is 12.5. The summed E-state index contributed by atoms with van der Waals surface area (Å²) in [5.41, 5.74) is 2.45. The maximum atomic E-state index is 12.5. The van der Waals surface area contributed by atoms with E-state index in [1.807, 2.05) is 42.5 Å². The lowest BCUT2D eigenvalue weighted by atomic mass is 10.0. The van der Waals surface area contributed by atoms with Crippen molar-refractivity contribution in [3.63, 3.8) is 0 Å². The number of β-amino-alcohol motifs (C(OH)–C–C–N with tert-alkyl or cyclic N) is 1. The molecule has 1 aliphatic rings. The first-order valence-corrected chi connectivity index (χ1v) is 10.0. The van der Waals surface area contributed by atoms with Crippen molar-refractivity contribution in [1.29, 1.82) is 0 Å². The van der Waals surface area contributed by atoms with Gasteiger partial charge in [-0.2, -0.15) is 0 Å². The number of methoxy groups -OCH3 is 1. The topological polar surface area (TPSA) is 65.0 Å². The lowest BCUT2D eigenvalue weighted by Crippen LogP contribution is -2.48. The van der Waals surface area contributed by atoms with Gasteiger partial charge in [0, 0.05) is 40.3 Å². The van der Waals surface area contributed by atoms with Crippen molar-refractivity contribution in [1.82, 2.24) is 15.1 Å². The molecule has 0 aromatic heterocycles. The first-order valence-electron chi connectivity index (χ1n) is 10.0. The summed E-state index contributed by atoms with van der Waals surface area (Å²) in [6.07, 6.45) is 0.661. The van der Waals surface area contributed by atoms with Crippen LogP contribution in [0.4, 0.5) is 4.79 Å². The molecule has 1 unspecified atom stereocenters. The molecular weight excluding hydrogens is 366 g/mol. The highest BCUT2D eigenvalue weighted by Gasteiger charge is 2.37. The molecule has 0 radical (unpaired) electrons. The van der Waals surface area contributed by atoms with E-state index < -0.39 is 5.60 Å². The van der Waals surface area contributed by atoms with Crippen LogP contribution in [-0.4, -0.2) is 60.3 Å². The second-order valence-corrected chi connectivity index (χ2v) is 7.89. The smallest absolute Gasteiger partial charge is 0.317 e. The number of hydrogen-bond donors (Lipinski definition) is 2. The van der Waals surface area contributed by atoms with Gasteiger partial charge in [-0.1, -0.05) is 54.6 Å². The Balaban J connectivity index is 1.49. The number of urea groups is 1. The van der Waals surface area contributed by atoms with Crippen LogP contribution in [-0.2, 0) is 24.4 Å². The molecule has 29 heavy (non-hydrogen) atoms. The second kappa shape index (κ2) is 9.87. The predicted molar refractivity (Wildman–Crippen MR) is 113 cm³/mol. The van der Waals surface area contributed by atoms with Crippen molar-refractivity contribution in [3.05, 3.63) is 71.3 Å². The summed E-state index contributed by atoms with van der Waals surface area (Å²) in [6, 6.07) is 18.0. The normalized spacial score (nSPS) is 19.3. The van der Waals surface area contributed by atoms with Crippen LogP contribution in [0.25, 0.3) is 0 Å². The summed E-state index contributed by atoms with van der Waals surface area (Å²) in [5, 5.41) is 13.9. The van der Waals surface area contributed by atoms with Gasteiger partial charge in [-0.05, 0) is 23.1 Å². The summed E-state index contributed by atoms with van der Waals surface area (Å²) in [5.74, 6) is 0. The number of aliphatic hydroxyl groups is 1. The van der Waals surface area contributed by atoms with E-state index in [9.17, 15) is 9.90 Å². The van der Waals surface area contributed by atoms with Crippen molar-refractivity contribution in [2.24, 2.45) is 0 Å². The van der Waals surface area contributed by atoms with Crippen LogP contribution < -0.4 is 5.32 Å². The number of benzene rings is 2. The zero-order chi connectivity index (χ0) is 20.7. The lowest BCUT2D eigenvalue weighted by Gasteiger charge is -2.29. The van der Waals surface area contributed by atoms with Gasteiger partial charge in [0.25, 0.3) is 0 Å². The average molecular weight is 398 g/mol. The minimum Gasteiger partial charge on any atom is -0.387 e. The van der Waals surface area contributed by atoms with Crippen molar-refractivity contribution in [2.75, 3.05) is 33.8 Å². The van der Waals surface area contributed by atoms with Crippen molar-refractivity contribution in [3.8, 4) is 0 Å². The van der Waals surface area contributed by atoms with Crippen LogP contribution in [0, 0.1) is 0 Å². The van der Waals surface area contributed by atoms with Gasteiger partial charge in [0.15, 0.2) is 0 Å². The first kappa shape index (κ1) is 21.3. The van der Waals surface area contributed by atoms with Crippen LogP contribution in [0.3, 0.4) is 0 Å². The minimum absolute atomic E-state index is 0.188. The number of likely N-dealkylation sites (N-methyl/N-ethyl adjacent to an activating group) is 1. The molecular formula is C23H31N3O3. The van der Waals surface area contributed by atoms with E-state index in [4.69, 9.17) is 4.74 Å². The Kier molecular flexibility index (Phi) is 7.25. The van der Waals surface area contributed by atoms with Crippen LogP contribution in [0.1, 0.15) is 23.1 Å². The van der Waals surface area contributed by atoms with Crippen LogP contribution in [0.15, 0.2) is 54.6 Å². The van der Waals surface area contributed by atoms with E-state index in [1.165, 1.54) is 5.56 Å². The molecule has 2 amide bonds. The monoisotopic (exact) mass is 397 g/mol. The Labute approximate surface area is 173 Å². The molecule has 0 bridgehead atoms. The summed E-state index contributed by atoms with van der Waals surface area (Å²) in [6.45, 7) is 3.46. The Hall–Kier alpha value is -2.41. The third kappa shape index (κ3) is 6.03. The van der Waals surface area contributed by atoms with Gasteiger partial charge in [-0.25, -0.2) is 4.79 Å². The minimum atomic E-state index is -0.880. The van der Waals surface area contributed by atoms with Crippen LogP contribution >= 0.6 is 0 Å². The largest absolute Gasteiger partial charge is 0.387 e. The maximum Gasteiger partial charge on any atom is 0.317 e. The molecule has 1 atom stereocenters. The van der Waals surface area contributed by atoms with E-state index in [0.29, 0.717) is 32.7 Å². The van der Waals surface area contributed by atoms with Gasteiger partial charge in [0.2, 0.25) is 0 Å². The van der Waals surface area contributed by atoms with E-state index in [-0.39, 0.29) is 6.03 Å². The molecule has 0 saturated carbocycles. The number of ether oxygens (including phenoxy) is 1. The van der Waals surface area contributed by atoms with Crippen LogP contribution in [0.2, 0.25) is 0 Å². The van der Waals surface area contributed by atoms with E-state index in [1.54, 1.807) is 19.1 Å². The molecule has 6 nitrogen and oxygen atoms in total. The molecule has 2 aromatic rings. The van der Waals surface area contributed by atoms with Gasteiger partial charge >= 0.3 is 6.03 Å². The molecule has 6 heteroatoms. The molecule has 156 valence electrons. The van der Waals surface area contributed by atoms with Crippen molar-refractivity contribution < 1.29 is 14.6 Å². The van der Waals surface area contributed by atoms with Crippen molar-refractivity contribution >= 4 is 6.03 Å². The highest BCUT2D eigenvalue weighted by molar-refractivity contribution is 5.74. The first-order chi connectivity index (χ1) is 14.0. The summed E-state index contributed by atoms with van der Waals surface area (Å²) >= 11 is 0. The number of amides is 2. The Morgan fingerprint density at radius 2 is 1.86 bits per heavy atom. The van der Waals surface area contributed by atoms with Gasteiger partial charge in [0.05, 0.1) is 18.8 Å². The number of carbonyl (C=O) groups is 1. The Morgan fingerprint density at radius 3 is 2.59 bits per heavy atom. The summed E-state index contributed by atoms with van der Waals surface area (Å²) in [7, 11) is 3.39. The molecule has 2 N–H and O–H groups in total. The number of rotatable bonds is 8. The highest BCUT2D eigenvalue weighted by atomic mass is 16.5. The number of carbonyl (C=O) groups excluding carboxylic acids is 1. The standard InChI is InChI=1S/C23H31N3O3/c1-25(22(27)24-14-20-10-6-7-11-21(20)16-29-2)17-23(28)12-13-26(18-23)15-19-8-4-3-5-9-19/h3-11,28H,12-18H2,1-2H3,(H,24,27). The molecule has 1 saturated heterocycles. The number of nitrogens with one attached hydrogen (secondary N) is 1. The molecule has 1 heterocycles. The average Bonchev–Trinajstić information content (AvgIpc) is 3.08. The van der Waals surface area contributed by atoms with Gasteiger partial charge in [-0.3, -0.25) is 4.90 Å². The summed E-state index contributed by atoms with van der Waals surface area (Å²) in [4.78, 5) is 16.4. The molecule has 1 fully saturated rings. The second-order valence-electron chi connectivity index (χ2n) is 7.89. The zero-order valence-electron chi connectivity index (χ0n) is 17.3. The lowest BCUT2D eigenvalue weighted by molar-refractivity contribution is 0.0261. The fourth-order valence-electron chi connectivity index (χ4n) is 3.89. The molecule has 1 aliphatic heterocycles. The number of nitrogens with zero attached hydrogens (tertiary/aromatic N) is 2. The Morgan fingerprint density at radius 1 is 1.17 bits per heavy atom. The van der Waals surface area contributed by atoms with Gasteiger partial charge < -0.3 is 20.1 Å². The third-order valence-corrected chi connectivity index (χ3v) is 5.39. The molecule has 0 aliphatic carbocycles.